The van der Waals surface area contributed by atoms with Gasteiger partial charge in [0.05, 0.1) is 13.0 Å². The summed E-state index contributed by atoms with van der Waals surface area (Å²) in [7, 11) is 0. The van der Waals surface area contributed by atoms with Crippen LogP contribution < -0.4 is 0 Å². The zero-order valence-corrected chi connectivity index (χ0v) is 49.7. The summed E-state index contributed by atoms with van der Waals surface area (Å²) < 4.78 is 28.3. The summed E-state index contributed by atoms with van der Waals surface area (Å²) in [4.78, 5) is 51.2. The Hall–Kier alpha value is -5.66. The van der Waals surface area contributed by atoms with Gasteiger partial charge in [0.25, 0.3) is 0 Å². The Balaban J connectivity index is 2.76. The van der Waals surface area contributed by atoms with Crippen LogP contribution in [0.15, 0.2) is 158 Å². The van der Waals surface area contributed by atoms with Crippen LogP contribution in [0.3, 0.4) is 0 Å². The molecular weight excluding hydrogens is 1020 g/mol. The van der Waals surface area contributed by atoms with Gasteiger partial charge in [-0.15, -0.1) is 0 Å². The summed E-state index contributed by atoms with van der Waals surface area (Å²) in [5, 5.41) is 31.5. The summed E-state index contributed by atoms with van der Waals surface area (Å²) in [5.74, 6) is -3.37. The Morgan fingerprint density at radius 2 is 0.778 bits per heavy atom. The minimum Gasteiger partial charge on any atom is -0.479 e. The average Bonchev–Trinajstić information content (AvgIpc) is 3.53. The van der Waals surface area contributed by atoms with Gasteiger partial charge in [0.15, 0.2) is 24.6 Å². The topological polar surface area (TPSA) is 175 Å². The van der Waals surface area contributed by atoms with Crippen LogP contribution >= 0.6 is 0 Å². The van der Waals surface area contributed by atoms with Gasteiger partial charge in [0.1, 0.15) is 18.8 Å². The standard InChI is InChI=1S/C69H104O12/c1-4-7-10-13-16-19-22-25-28-30-31-33-35-37-40-43-46-49-52-55-61(70)77-58-60(79-62(71)56-53-50-47-44-41-38-34-27-24-21-18-15-12-9-6-3)59-78-69-67(65(74)64(73)66(81-69)68(75)76)80-63(72)57-54-51-48-45-42-39-36-32-29-26-23-20-17-14-11-8-5-2/h7-12,16-21,25-29,31,33-34,37,40-41,44,50,53,60,64-67,69,73-74H,4-6,13-15,22-24,30,32,35-36,38-39,42-43,45-49,51-52,54-59H2,1-3H3,(H,75,76)/b10-7-,11-8-,12-9-,19-16-,20-17-,21-18-,28-25-,29-26-,33-31-,34-27-,40-37-,44-41-,53-50-. The van der Waals surface area contributed by atoms with Gasteiger partial charge >= 0.3 is 23.9 Å². The Labute approximate surface area is 488 Å². The van der Waals surface area contributed by atoms with E-state index >= 15 is 0 Å². The van der Waals surface area contributed by atoms with Crippen molar-refractivity contribution in [1.82, 2.24) is 0 Å². The Bertz CT molecular complexity index is 2010. The highest BCUT2D eigenvalue weighted by molar-refractivity contribution is 5.74. The fourth-order valence-electron chi connectivity index (χ4n) is 8.07. The second kappa shape index (κ2) is 54.9. The third-order valence-electron chi connectivity index (χ3n) is 12.6. The molecule has 3 N–H and O–H groups in total. The highest BCUT2D eigenvalue weighted by Crippen LogP contribution is 2.26. The number of carboxylic acid groups (broad SMARTS) is 1. The van der Waals surface area contributed by atoms with Crippen molar-refractivity contribution in [2.75, 3.05) is 13.2 Å². The lowest BCUT2D eigenvalue weighted by Gasteiger charge is -2.40. The number of aliphatic hydroxyl groups excluding tert-OH is 2. The van der Waals surface area contributed by atoms with Gasteiger partial charge in [-0.25, -0.2) is 4.79 Å². The van der Waals surface area contributed by atoms with E-state index in [9.17, 15) is 34.5 Å². The second-order valence-electron chi connectivity index (χ2n) is 19.9. The quantitative estimate of drug-likeness (QED) is 0.0228. The van der Waals surface area contributed by atoms with Crippen molar-refractivity contribution in [2.45, 2.75) is 237 Å². The Kier molecular flexibility index (Phi) is 49.7. The molecule has 1 heterocycles. The molecule has 452 valence electrons. The molecule has 0 aromatic rings. The first kappa shape index (κ1) is 73.4. The third-order valence-corrected chi connectivity index (χ3v) is 12.6. The van der Waals surface area contributed by atoms with Crippen molar-refractivity contribution < 1.29 is 58.2 Å². The van der Waals surface area contributed by atoms with Crippen LogP contribution in [0.1, 0.15) is 201 Å². The van der Waals surface area contributed by atoms with Crippen molar-refractivity contribution in [3.8, 4) is 0 Å². The number of unbranched alkanes of at least 4 members (excludes halogenated alkanes) is 10. The van der Waals surface area contributed by atoms with E-state index in [1.54, 1.807) is 6.08 Å². The number of carbonyl (C=O) groups is 4. The number of carboxylic acids is 1. The molecule has 12 nitrogen and oxygen atoms in total. The molecule has 0 saturated carbocycles. The zero-order chi connectivity index (χ0) is 58.9. The number of ether oxygens (including phenoxy) is 5. The molecule has 0 aromatic carbocycles. The summed E-state index contributed by atoms with van der Waals surface area (Å²) in [5.41, 5.74) is 0. The fourth-order valence-corrected chi connectivity index (χ4v) is 8.07. The van der Waals surface area contributed by atoms with Crippen LogP contribution in [0, 0.1) is 0 Å². The van der Waals surface area contributed by atoms with Crippen LogP contribution in [0.4, 0.5) is 0 Å². The molecule has 1 rings (SSSR count). The molecule has 1 aliphatic rings. The lowest BCUT2D eigenvalue weighted by molar-refractivity contribution is -0.301. The average molecular weight is 1130 g/mol. The number of rotatable bonds is 49. The smallest absolute Gasteiger partial charge is 0.335 e. The van der Waals surface area contributed by atoms with Crippen LogP contribution in [0.2, 0.25) is 0 Å². The normalized spacial score (nSPS) is 18.9. The molecule has 0 bridgehead atoms. The molecule has 0 radical (unpaired) electrons. The predicted molar refractivity (Wildman–Crippen MR) is 330 cm³/mol. The van der Waals surface area contributed by atoms with Crippen LogP contribution in [0.25, 0.3) is 0 Å². The predicted octanol–water partition coefficient (Wildman–Crippen LogP) is 16.1. The first-order chi connectivity index (χ1) is 39.6. The van der Waals surface area contributed by atoms with E-state index in [-0.39, 0.29) is 25.9 Å². The highest BCUT2D eigenvalue weighted by atomic mass is 16.7. The summed E-state index contributed by atoms with van der Waals surface area (Å²) >= 11 is 0. The van der Waals surface area contributed by atoms with E-state index in [4.69, 9.17) is 23.7 Å². The van der Waals surface area contributed by atoms with Gasteiger partial charge in [-0.2, -0.15) is 0 Å². The summed E-state index contributed by atoms with van der Waals surface area (Å²) in [6.45, 7) is 5.52. The maximum Gasteiger partial charge on any atom is 0.335 e. The molecule has 0 aromatic heterocycles. The van der Waals surface area contributed by atoms with Crippen LogP contribution in [-0.4, -0.2) is 89.2 Å². The molecule has 81 heavy (non-hydrogen) atoms. The number of allylic oxidation sites excluding steroid dienone is 25. The number of esters is 3. The third kappa shape index (κ3) is 44.7. The molecule has 0 amide bonds. The van der Waals surface area contributed by atoms with Gasteiger partial charge < -0.3 is 39.0 Å². The van der Waals surface area contributed by atoms with Gasteiger partial charge in [0, 0.05) is 12.8 Å². The fraction of sp³-hybridized carbons (Fsp3) is 0.565. The Morgan fingerprint density at radius 3 is 1.20 bits per heavy atom. The van der Waals surface area contributed by atoms with Crippen molar-refractivity contribution in [2.24, 2.45) is 0 Å². The van der Waals surface area contributed by atoms with E-state index in [0.29, 0.717) is 19.3 Å². The number of aliphatic carboxylic acids is 1. The van der Waals surface area contributed by atoms with Gasteiger partial charge in [-0.3, -0.25) is 14.4 Å². The summed E-state index contributed by atoms with van der Waals surface area (Å²) in [6, 6.07) is 0. The molecule has 6 unspecified atom stereocenters. The minimum atomic E-state index is -1.93. The van der Waals surface area contributed by atoms with Crippen LogP contribution in [-0.2, 0) is 42.9 Å². The zero-order valence-electron chi connectivity index (χ0n) is 49.7. The van der Waals surface area contributed by atoms with Crippen LogP contribution in [0.5, 0.6) is 0 Å². The van der Waals surface area contributed by atoms with E-state index in [1.807, 2.05) is 18.2 Å². The lowest BCUT2D eigenvalue weighted by atomic mass is 9.98. The van der Waals surface area contributed by atoms with Crippen molar-refractivity contribution in [3.63, 3.8) is 0 Å². The number of carbonyl (C=O) groups excluding carboxylic acids is 3. The molecule has 1 fully saturated rings. The molecule has 0 spiro atoms. The Morgan fingerprint density at radius 1 is 0.420 bits per heavy atom. The molecule has 6 atom stereocenters. The lowest BCUT2D eigenvalue weighted by Crippen LogP contribution is -2.61. The van der Waals surface area contributed by atoms with E-state index < -0.39 is 67.3 Å². The van der Waals surface area contributed by atoms with E-state index in [0.717, 1.165) is 141 Å². The van der Waals surface area contributed by atoms with Gasteiger partial charge in [-0.05, 0) is 122 Å². The summed E-state index contributed by atoms with van der Waals surface area (Å²) in [6.07, 6.45) is 68.0. The monoisotopic (exact) mass is 1120 g/mol. The first-order valence-corrected chi connectivity index (χ1v) is 30.5. The van der Waals surface area contributed by atoms with Crippen molar-refractivity contribution >= 4 is 23.9 Å². The molecule has 12 heteroatoms. The van der Waals surface area contributed by atoms with Gasteiger partial charge in [0.2, 0.25) is 0 Å². The van der Waals surface area contributed by atoms with Crippen molar-refractivity contribution in [3.05, 3.63) is 158 Å². The second-order valence-corrected chi connectivity index (χ2v) is 19.9. The first-order valence-electron chi connectivity index (χ1n) is 30.5. The highest BCUT2D eigenvalue weighted by Gasteiger charge is 2.50. The van der Waals surface area contributed by atoms with Crippen molar-refractivity contribution in [1.29, 1.82) is 0 Å². The molecule has 1 saturated heterocycles. The number of hydrogen-bond donors (Lipinski definition) is 3. The van der Waals surface area contributed by atoms with E-state index in [1.165, 1.54) is 0 Å². The maximum absolute atomic E-state index is 13.1. The maximum atomic E-state index is 13.1. The molecule has 1 aliphatic heterocycles. The molecule has 0 aliphatic carbocycles. The van der Waals surface area contributed by atoms with E-state index in [2.05, 4.69) is 154 Å². The minimum absolute atomic E-state index is 0.0257. The van der Waals surface area contributed by atoms with Gasteiger partial charge in [-0.1, -0.05) is 217 Å². The SMILES string of the molecule is CC/C=C\C/C=C\C/C=C\C/C=C\C/C=C\CCCCCC(=O)OCC(COC1OC(C(=O)O)C(O)C(O)C1OC(=O)CCCCCCCCC/C=C\C/C=C\C/C=C\CC)OC(=O)C/C=C\C/C=C\C/C=C\C/C=C\C/C=C\CC. The largest absolute Gasteiger partial charge is 0.479 e. The number of aliphatic hydroxyl groups is 2. The number of hydrogen-bond acceptors (Lipinski definition) is 11. The molecular formula is C69H104O12.